The zero-order valence-corrected chi connectivity index (χ0v) is 15.4. The van der Waals surface area contributed by atoms with Gasteiger partial charge in [0.05, 0.1) is 12.3 Å². The average molecular weight is 421 g/mol. The van der Waals surface area contributed by atoms with Crippen LogP contribution >= 0.6 is 35.3 Å². The molecule has 0 saturated heterocycles. The molecule has 8 heteroatoms. The fourth-order valence-corrected chi connectivity index (χ4v) is 2.41. The van der Waals surface area contributed by atoms with Crippen LogP contribution in [0.4, 0.5) is 0 Å². The smallest absolute Gasteiger partial charge is 0.191 e. The molecule has 0 bridgehead atoms. The summed E-state index contributed by atoms with van der Waals surface area (Å²) in [5.74, 6) is 1.71. The van der Waals surface area contributed by atoms with E-state index in [0.717, 1.165) is 34.7 Å². The fourth-order valence-electron chi connectivity index (χ4n) is 1.71. The lowest BCUT2D eigenvalue weighted by molar-refractivity contribution is 0.506. The van der Waals surface area contributed by atoms with Crippen LogP contribution in [0.5, 0.6) is 0 Å². The SMILES string of the molecule is CN=C(NCCc1ccco1)NC(C)c1nnc(C)s1.I. The normalized spacial score (nSPS) is 12.6. The molecule has 2 aromatic rings. The van der Waals surface area contributed by atoms with Crippen molar-refractivity contribution >= 4 is 41.3 Å². The highest BCUT2D eigenvalue weighted by atomic mass is 127. The Kier molecular flexibility index (Phi) is 7.65. The summed E-state index contributed by atoms with van der Waals surface area (Å²) < 4.78 is 5.29. The first-order chi connectivity index (χ1) is 9.69. The monoisotopic (exact) mass is 421 g/mol. The highest BCUT2D eigenvalue weighted by Crippen LogP contribution is 2.16. The van der Waals surface area contributed by atoms with E-state index in [9.17, 15) is 0 Å². The molecule has 116 valence electrons. The number of nitrogens with zero attached hydrogens (tertiary/aromatic N) is 3. The van der Waals surface area contributed by atoms with E-state index < -0.39 is 0 Å². The Morgan fingerprint density at radius 1 is 1.48 bits per heavy atom. The number of hydrogen-bond donors (Lipinski definition) is 2. The summed E-state index contributed by atoms with van der Waals surface area (Å²) in [5, 5.41) is 16.6. The minimum atomic E-state index is 0. The molecule has 6 nitrogen and oxygen atoms in total. The van der Waals surface area contributed by atoms with Crippen LogP contribution in [0.1, 0.15) is 28.7 Å². The van der Waals surface area contributed by atoms with Gasteiger partial charge in [0.1, 0.15) is 15.8 Å². The van der Waals surface area contributed by atoms with Crippen LogP contribution in [0.3, 0.4) is 0 Å². The fraction of sp³-hybridized carbons (Fsp3) is 0.462. The highest BCUT2D eigenvalue weighted by molar-refractivity contribution is 14.0. The number of rotatable bonds is 5. The zero-order chi connectivity index (χ0) is 14.4. The minimum Gasteiger partial charge on any atom is -0.469 e. The minimum absolute atomic E-state index is 0. The van der Waals surface area contributed by atoms with E-state index >= 15 is 0 Å². The number of nitrogens with one attached hydrogen (secondary N) is 2. The van der Waals surface area contributed by atoms with Crippen molar-refractivity contribution in [2.75, 3.05) is 13.6 Å². The van der Waals surface area contributed by atoms with E-state index in [1.807, 2.05) is 26.0 Å². The van der Waals surface area contributed by atoms with E-state index in [1.165, 1.54) is 0 Å². The van der Waals surface area contributed by atoms with Gasteiger partial charge >= 0.3 is 0 Å². The average Bonchev–Trinajstić information content (AvgIpc) is 3.08. The number of hydrogen-bond acceptors (Lipinski definition) is 5. The predicted octanol–water partition coefficient (Wildman–Crippen LogP) is 2.53. The molecule has 2 heterocycles. The molecule has 0 aromatic carbocycles. The molecule has 0 aliphatic carbocycles. The Morgan fingerprint density at radius 3 is 2.86 bits per heavy atom. The van der Waals surface area contributed by atoms with E-state index in [4.69, 9.17) is 4.42 Å². The molecular formula is C13H20IN5OS. The van der Waals surface area contributed by atoms with Crippen LogP contribution in [0, 0.1) is 6.92 Å². The number of guanidine groups is 1. The lowest BCUT2D eigenvalue weighted by Gasteiger charge is -2.15. The summed E-state index contributed by atoms with van der Waals surface area (Å²) in [7, 11) is 1.75. The molecule has 0 aliphatic rings. The Hall–Kier alpha value is -1.16. The predicted molar refractivity (Wildman–Crippen MR) is 95.4 cm³/mol. The largest absolute Gasteiger partial charge is 0.469 e. The van der Waals surface area contributed by atoms with Crippen molar-refractivity contribution < 1.29 is 4.42 Å². The lowest BCUT2D eigenvalue weighted by atomic mass is 10.3. The molecule has 1 unspecified atom stereocenters. The molecule has 0 spiro atoms. The summed E-state index contributed by atoms with van der Waals surface area (Å²) in [6.07, 6.45) is 2.50. The summed E-state index contributed by atoms with van der Waals surface area (Å²) in [6.45, 7) is 4.75. The van der Waals surface area contributed by atoms with Crippen molar-refractivity contribution in [3.8, 4) is 0 Å². The molecule has 2 rings (SSSR count). The number of aliphatic imine (C=N–C) groups is 1. The van der Waals surface area contributed by atoms with E-state index in [-0.39, 0.29) is 30.0 Å². The molecule has 0 fully saturated rings. The van der Waals surface area contributed by atoms with Gasteiger partial charge in [-0.2, -0.15) is 0 Å². The van der Waals surface area contributed by atoms with Gasteiger partial charge in [-0.1, -0.05) is 11.3 Å². The van der Waals surface area contributed by atoms with Gasteiger partial charge in [0, 0.05) is 20.0 Å². The van der Waals surface area contributed by atoms with Gasteiger partial charge in [0.25, 0.3) is 0 Å². The van der Waals surface area contributed by atoms with Crippen LogP contribution in [-0.4, -0.2) is 29.7 Å². The van der Waals surface area contributed by atoms with Crippen molar-refractivity contribution in [1.29, 1.82) is 0 Å². The highest BCUT2D eigenvalue weighted by Gasteiger charge is 2.12. The maximum absolute atomic E-state index is 5.29. The molecular weight excluding hydrogens is 401 g/mol. The summed E-state index contributed by atoms with van der Waals surface area (Å²) in [6, 6.07) is 3.93. The Morgan fingerprint density at radius 2 is 2.29 bits per heavy atom. The van der Waals surface area contributed by atoms with Gasteiger partial charge in [-0.25, -0.2) is 0 Å². The van der Waals surface area contributed by atoms with Crippen LogP contribution in [0.2, 0.25) is 0 Å². The first-order valence-corrected chi connectivity index (χ1v) is 7.30. The third-order valence-corrected chi connectivity index (χ3v) is 3.75. The molecule has 21 heavy (non-hydrogen) atoms. The number of halogens is 1. The maximum Gasteiger partial charge on any atom is 0.191 e. The Labute approximate surface area is 145 Å². The summed E-state index contributed by atoms with van der Waals surface area (Å²) >= 11 is 1.59. The second kappa shape index (κ2) is 8.98. The topological polar surface area (TPSA) is 75.3 Å². The molecule has 0 aliphatic heterocycles. The maximum atomic E-state index is 5.29. The standard InChI is InChI=1S/C13H19N5OS.HI/c1-9(12-18-17-10(2)20-12)16-13(14-3)15-7-6-11-5-4-8-19-11;/h4-5,8-9H,6-7H2,1-3H3,(H2,14,15,16);1H. The summed E-state index contributed by atoms with van der Waals surface area (Å²) in [4.78, 5) is 4.20. The number of furan rings is 1. The van der Waals surface area contributed by atoms with E-state index in [0.29, 0.717) is 0 Å². The van der Waals surface area contributed by atoms with Crippen LogP contribution in [-0.2, 0) is 6.42 Å². The van der Waals surface area contributed by atoms with E-state index in [1.54, 1.807) is 24.6 Å². The summed E-state index contributed by atoms with van der Waals surface area (Å²) in [5.41, 5.74) is 0. The molecule has 2 N–H and O–H groups in total. The lowest BCUT2D eigenvalue weighted by Crippen LogP contribution is -2.39. The van der Waals surface area contributed by atoms with Gasteiger partial charge in [-0.3, -0.25) is 4.99 Å². The molecule has 2 aromatic heterocycles. The molecule has 0 radical (unpaired) electrons. The van der Waals surface area contributed by atoms with Gasteiger partial charge in [0.2, 0.25) is 0 Å². The Bertz CT molecular complexity index is 555. The second-order valence-corrected chi connectivity index (χ2v) is 5.57. The van der Waals surface area contributed by atoms with Gasteiger partial charge in [0.15, 0.2) is 5.96 Å². The third-order valence-electron chi connectivity index (χ3n) is 2.73. The van der Waals surface area contributed by atoms with Crippen LogP contribution in [0.25, 0.3) is 0 Å². The van der Waals surface area contributed by atoms with Crippen molar-refractivity contribution in [2.24, 2.45) is 4.99 Å². The third kappa shape index (κ3) is 5.62. The van der Waals surface area contributed by atoms with E-state index in [2.05, 4.69) is 25.8 Å². The van der Waals surface area contributed by atoms with Crippen molar-refractivity contribution in [1.82, 2.24) is 20.8 Å². The van der Waals surface area contributed by atoms with Gasteiger partial charge < -0.3 is 15.1 Å². The number of aryl methyl sites for hydroxylation is 1. The van der Waals surface area contributed by atoms with Crippen molar-refractivity contribution in [3.63, 3.8) is 0 Å². The van der Waals surface area contributed by atoms with Crippen LogP contribution < -0.4 is 10.6 Å². The van der Waals surface area contributed by atoms with Crippen molar-refractivity contribution in [3.05, 3.63) is 34.2 Å². The van der Waals surface area contributed by atoms with Gasteiger partial charge in [-0.15, -0.1) is 34.2 Å². The zero-order valence-electron chi connectivity index (χ0n) is 12.3. The van der Waals surface area contributed by atoms with Crippen LogP contribution in [0.15, 0.2) is 27.8 Å². The second-order valence-electron chi connectivity index (χ2n) is 4.35. The molecule has 1 atom stereocenters. The number of aromatic nitrogens is 2. The molecule has 0 saturated carbocycles. The van der Waals surface area contributed by atoms with Crippen molar-refractivity contribution in [2.45, 2.75) is 26.3 Å². The first-order valence-electron chi connectivity index (χ1n) is 6.48. The van der Waals surface area contributed by atoms with Gasteiger partial charge in [-0.05, 0) is 26.0 Å². The Balaban J connectivity index is 0.00000220. The first kappa shape index (κ1) is 17.9. The quantitative estimate of drug-likeness (QED) is 0.441. The molecule has 0 amide bonds.